The van der Waals surface area contributed by atoms with Gasteiger partial charge in [-0.05, 0) is 46.1 Å². The molecule has 1 aromatic heterocycles. The van der Waals surface area contributed by atoms with Gasteiger partial charge in [-0.1, -0.05) is 30.3 Å². The molecule has 4 heteroatoms. The zero-order valence-corrected chi connectivity index (χ0v) is 12.7. The summed E-state index contributed by atoms with van der Waals surface area (Å²) in [5.74, 6) is -0.0551. The van der Waals surface area contributed by atoms with Crippen molar-refractivity contribution in [2.45, 2.75) is 6.42 Å². The van der Waals surface area contributed by atoms with Crippen LogP contribution in [0.4, 0.5) is 0 Å². The van der Waals surface area contributed by atoms with E-state index < -0.39 is 0 Å². The summed E-state index contributed by atoms with van der Waals surface area (Å²) < 4.78 is 1.07. The second-order valence-electron chi connectivity index (χ2n) is 4.00. The Labute approximate surface area is 125 Å². The van der Waals surface area contributed by atoms with E-state index in [-0.39, 0.29) is 5.91 Å². The van der Waals surface area contributed by atoms with Gasteiger partial charge in [0.2, 0.25) is 5.91 Å². The predicted molar refractivity (Wildman–Crippen MR) is 84.2 cm³/mol. The standard InChI is InChI=1S/C15H14BrNOS/c16-14-8-6-13(19-14)7-9-15(18)17-11-10-12-4-2-1-3-5-12/h1-9H,10-11H2,(H,17,18)/b9-7+. The van der Waals surface area contributed by atoms with Crippen molar-refractivity contribution in [2.24, 2.45) is 0 Å². The molecule has 0 aliphatic rings. The van der Waals surface area contributed by atoms with E-state index in [9.17, 15) is 4.79 Å². The van der Waals surface area contributed by atoms with E-state index in [1.54, 1.807) is 17.4 Å². The highest BCUT2D eigenvalue weighted by Gasteiger charge is 1.97. The van der Waals surface area contributed by atoms with Crippen LogP contribution in [0, 0.1) is 0 Å². The number of benzene rings is 1. The van der Waals surface area contributed by atoms with Gasteiger partial charge < -0.3 is 5.32 Å². The van der Waals surface area contributed by atoms with Crippen molar-refractivity contribution in [2.75, 3.05) is 6.54 Å². The Hall–Kier alpha value is -1.39. The van der Waals surface area contributed by atoms with Gasteiger partial charge in [-0.3, -0.25) is 4.79 Å². The molecule has 2 aromatic rings. The van der Waals surface area contributed by atoms with Crippen LogP contribution in [0.15, 0.2) is 52.3 Å². The van der Waals surface area contributed by atoms with Crippen molar-refractivity contribution in [1.29, 1.82) is 0 Å². The number of halogens is 1. The van der Waals surface area contributed by atoms with E-state index in [1.165, 1.54) is 5.56 Å². The summed E-state index contributed by atoms with van der Waals surface area (Å²) in [5, 5.41) is 2.88. The van der Waals surface area contributed by atoms with Crippen molar-refractivity contribution in [3.05, 3.63) is 62.8 Å². The molecule has 0 aliphatic carbocycles. The Morgan fingerprint density at radius 1 is 1.21 bits per heavy atom. The van der Waals surface area contributed by atoms with Crippen molar-refractivity contribution in [3.63, 3.8) is 0 Å². The molecule has 0 bridgehead atoms. The van der Waals surface area contributed by atoms with E-state index in [0.29, 0.717) is 6.54 Å². The van der Waals surface area contributed by atoms with E-state index in [4.69, 9.17) is 0 Å². The number of rotatable bonds is 5. The Kier molecular flexibility index (Phi) is 5.36. The highest BCUT2D eigenvalue weighted by molar-refractivity contribution is 9.11. The van der Waals surface area contributed by atoms with Gasteiger partial charge >= 0.3 is 0 Å². The normalized spacial score (nSPS) is 10.8. The predicted octanol–water partition coefficient (Wildman–Crippen LogP) is 3.88. The van der Waals surface area contributed by atoms with Gasteiger partial charge in [-0.25, -0.2) is 0 Å². The molecule has 0 saturated carbocycles. The number of carbonyl (C=O) groups is 1. The van der Waals surface area contributed by atoms with Crippen molar-refractivity contribution in [3.8, 4) is 0 Å². The third kappa shape index (κ3) is 5.01. The number of thiophene rings is 1. The third-order valence-electron chi connectivity index (χ3n) is 2.55. The zero-order chi connectivity index (χ0) is 13.5. The smallest absolute Gasteiger partial charge is 0.244 e. The topological polar surface area (TPSA) is 29.1 Å². The van der Waals surface area contributed by atoms with E-state index in [0.717, 1.165) is 15.1 Å². The second-order valence-corrected chi connectivity index (χ2v) is 6.50. The molecule has 1 N–H and O–H groups in total. The molecule has 2 nitrogen and oxygen atoms in total. The van der Waals surface area contributed by atoms with Gasteiger partial charge in [0.05, 0.1) is 3.79 Å². The fourth-order valence-corrected chi connectivity index (χ4v) is 2.94. The van der Waals surface area contributed by atoms with Crippen LogP contribution in [0.2, 0.25) is 0 Å². The van der Waals surface area contributed by atoms with Crippen LogP contribution in [0.25, 0.3) is 6.08 Å². The molecule has 1 amide bonds. The van der Waals surface area contributed by atoms with Crippen LogP contribution < -0.4 is 5.32 Å². The molecule has 1 heterocycles. The van der Waals surface area contributed by atoms with Crippen LogP contribution in [0.1, 0.15) is 10.4 Å². The molecule has 0 spiro atoms. The molecule has 0 radical (unpaired) electrons. The van der Waals surface area contributed by atoms with Gasteiger partial charge in [0, 0.05) is 17.5 Å². The quantitative estimate of drug-likeness (QED) is 0.825. The zero-order valence-electron chi connectivity index (χ0n) is 10.3. The summed E-state index contributed by atoms with van der Waals surface area (Å²) in [6, 6.07) is 14.1. The average molecular weight is 336 g/mol. The lowest BCUT2D eigenvalue weighted by atomic mass is 10.1. The molecule has 2 rings (SSSR count). The molecule has 0 unspecified atom stereocenters. The molecule has 0 fully saturated rings. The van der Waals surface area contributed by atoms with Gasteiger partial charge in [0.15, 0.2) is 0 Å². The summed E-state index contributed by atoms with van der Waals surface area (Å²) >= 11 is 4.99. The number of hydrogen-bond donors (Lipinski definition) is 1. The summed E-state index contributed by atoms with van der Waals surface area (Å²) in [4.78, 5) is 12.7. The van der Waals surface area contributed by atoms with E-state index >= 15 is 0 Å². The number of carbonyl (C=O) groups excluding carboxylic acids is 1. The van der Waals surface area contributed by atoms with Crippen LogP contribution in [0.3, 0.4) is 0 Å². The van der Waals surface area contributed by atoms with Gasteiger partial charge in [0.1, 0.15) is 0 Å². The van der Waals surface area contributed by atoms with Crippen LogP contribution in [0.5, 0.6) is 0 Å². The van der Waals surface area contributed by atoms with Crippen LogP contribution >= 0.6 is 27.3 Å². The number of nitrogens with one attached hydrogen (secondary N) is 1. The molecular formula is C15H14BrNOS. The van der Waals surface area contributed by atoms with Crippen molar-refractivity contribution in [1.82, 2.24) is 5.32 Å². The molecule has 0 aliphatic heterocycles. The minimum absolute atomic E-state index is 0.0551. The van der Waals surface area contributed by atoms with Gasteiger partial charge in [-0.15, -0.1) is 11.3 Å². The minimum atomic E-state index is -0.0551. The Bertz CT molecular complexity index is 563. The van der Waals surface area contributed by atoms with Crippen molar-refractivity contribution < 1.29 is 4.79 Å². The van der Waals surface area contributed by atoms with E-state index in [2.05, 4.69) is 33.4 Å². The average Bonchev–Trinajstić information content (AvgIpc) is 2.83. The number of hydrogen-bond acceptors (Lipinski definition) is 2. The SMILES string of the molecule is O=C(/C=C/c1ccc(Br)s1)NCCc1ccccc1. The van der Waals surface area contributed by atoms with Crippen LogP contribution in [-0.4, -0.2) is 12.5 Å². The van der Waals surface area contributed by atoms with Gasteiger partial charge in [0.25, 0.3) is 0 Å². The third-order valence-corrected chi connectivity index (χ3v) is 4.14. The largest absolute Gasteiger partial charge is 0.352 e. The summed E-state index contributed by atoms with van der Waals surface area (Å²) in [6.45, 7) is 0.654. The monoisotopic (exact) mass is 335 g/mol. The lowest BCUT2D eigenvalue weighted by Crippen LogP contribution is -2.23. The summed E-state index contributed by atoms with van der Waals surface area (Å²) in [6.07, 6.45) is 4.25. The van der Waals surface area contributed by atoms with E-state index in [1.807, 2.05) is 36.4 Å². The highest BCUT2D eigenvalue weighted by atomic mass is 79.9. The first-order chi connectivity index (χ1) is 9.24. The fourth-order valence-electron chi connectivity index (χ4n) is 1.61. The fraction of sp³-hybridized carbons (Fsp3) is 0.133. The van der Waals surface area contributed by atoms with Crippen LogP contribution in [-0.2, 0) is 11.2 Å². The highest BCUT2D eigenvalue weighted by Crippen LogP contribution is 2.22. The molecule has 19 heavy (non-hydrogen) atoms. The molecule has 0 atom stereocenters. The second kappa shape index (κ2) is 7.26. The van der Waals surface area contributed by atoms with Crippen molar-refractivity contribution >= 4 is 39.2 Å². The van der Waals surface area contributed by atoms with Gasteiger partial charge in [-0.2, -0.15) is 0 Å². The maximum absolute atomic E-state index is 11.6. The number of amides is 1. The summed E-state index contributed by atoms with van der Waals surface area (Å²) in [5.41, 5.74) is 1.23. The molecular weight excluding hydrogens is 322 g/mol. The maximum atomic E-state index is 11.6. The Morgan fingerprint density at radius 2 is 2.00 bits per heavy atom. The molecule has 98 valence electrons. The first-order valence-corrected chi connectivity index (χ1v) is 7.60. The first kappa shape index (κ1) is 14.0. The molecule has 1 aromatic carbocycles. The maximum Gasteiger partial charge on any atom is 0.244 e. The lowest BCUT2D eigenvalue weighted by Gasteiger charge is -2.02. The Morgan fingerprint density at radius 3 is 2.68 bits per heavy atom. The minimum Gasteiger partial charge on any atom is -0.352 e. The lowest BCUT2D eigenvalue weighted by molar-refractivity contribution is -0.116. The molecule has 0 saturated heterocycles. The first-order valence-electron chi connectivity index (χ1n) is 5.99. The summed E-state index contributed by atoms with van der Waals surface area (Å²) in [7, 11) is 0. The Balaban J connectivity index is 1.74.